The molecule has 116 valence electrons. The van der Waals surface area contributed by atoms with Crippen LogP contribution >= 0.6 is 0 Å². The molecule has 1 aromatic rings. The Hall–Kier alpha value is -1.55. The molecule has 1 fully saturated rings. The van der Waals surface area contributed by atoms with Crippen molar-refractivity contribution in [3.63, 3.8) is 0 Å². The zero-order chi connectivity index (χ0) is 15.2. The molecular weight excluding hydrogens is 262 g/mol. The minimum absolute atomic E-state index is 0.147. The summed E-state index contributed by atoms with van der Waals surface area (Å²) in [7, 11) is 0. The minimum atomic E-state index is 0.147. The van der Waals surface area contributed by atoms with E-state index in [-0.39, 0.29) is 11.9 Å². The first-order valence-corrected chi connectivity index (χ1v) is 8.04. The van der Waals surface area contributed by atoms with Crippen LogP contribution < -0.4 is 10.2 Å². The van der Waals surface area contributed by atoms with Gasteiger partial charge in [-0.25, -0.2) is 0 Å². The molecule has 0 aromatic heterocycles. The lowest BCUT2D eigenvalue weighted by atomic mass is 10.1. The lowest BCUT2D eigenvalue weighted by Crippen LogP contribution is -2.52. The average molecular weight is 289 g/mol. The first kappa shape index (κ1) is 15.8. The van der Waals surface area contributed by atoms with E-state index in [1.165, 1.54) is 5.69 Å². The van der Waals surface area contributed by atoms with Crippen LogP contribution in [0.15, 0.2) is 24.3 Å². The van der Waals surface area contributed by atoms with E-state index in [1.54, 1.807) is 0 Å². The first-order chi connectivity index (χ1) is 10.2. The molecule has 0 saturated carbocycles. The summed E-state index contributed by atoms with van der Waals surface area (Å²) in [4.78, 5) is 16.9. The van der Waals surface area contributed by atoms with E-state index < -0.39 is 0 Å². The molecule has 4 nitrogen and oxygen atoms in total. The summed E-state index contributed by atoms with van der Waals surface area (Å²) >= 11 is 0. The molecule has 0 radical (unpaired) electrons. The number of nitrogens with zero attached hydrogens (tertiary/aromatic N) is 2. The molecule has 4 heteroatoms. The highest BCUT2D eigenvalue weighted by atomic mass is 16.2. The summed E-state index contributed by atoms with van der Waals surface area (Å²) in [5.41, 5.74) is 1.99. The van der Waals surface area contributed by atoms with Gasteiger partial charge < -0.3 is 15.1 Å². The van der Waals surface area contributed by atoms with E-state index >= 15 is 0 Å². The lowest BCUT2D eigenvalue weighted by molar-refractivity contribution is 0.0656. The standard InChI is InChI=1S/C17H27N3O/c1-4-11-19(5-2)16-8-6-15(7-9-16)17(21)20-12-10-18-13-14(20)3/h6-9,14,18H,4-5,10-13H2,1-3H3/t14-/m1/s1. The number of benzene rings is 1. The van der Waals surface area contributed by atoms with Crippen LogP contribution in [0.1, 0.15) is 37.6 Å². The Morgan fingerprint density at radius 2 is 2.05 bits per heavy atom. The van der Waals surface area contributed by atoms with Crippen molar-refractivity contribution in [2.24, 2.45) is 0 Å². The first-order valence-electron chi connectivity index (χ1n) is 8.04. The number of carbonyl (C=O) groups excluding carboxylic acids is 1. The molecule has 1 saturated heterocycles. The molecule has 1 amide bonds. The molecular formula is C17H27N3O. The van der Waals surface area contributed by atoms with E-state index in [1.807, 2.05) is 17.0 Å². The van der Waals surface area contributed by atoms with Gasteiger partial charge in [0.2, 0.25) is 0 Å². The number of hydrogen-bond donors (Lipinski definition) is 1. The second-order valence-electron chi connectivity index (χ2n) is 5.68. The van der Waals surface area contributed by atoms with Crippen molar-refractivity contribution < 1.29 is 4.79 Å². The summed E-state index contributed by atoms with van der Waals surface area (Å²) in [5.74, 6) is 0.147. The minimum Gasteiger partial charge on any atom is -0.372 e. The molecule has 1 aliphatic rings. The summed E-state index contributed by atoms with van der Waals surface area (Å²) in [5, 5.41) is 3.32. The third kappa shape index (κ3) is 3.76. The van der Waals surface area contributed by atoms with Gasteiger partial charge in [0.25, 0.3) is 5.91 Å². The molecule has 1 aromatic carbocycles. The Morgan fingerprint density at radius 3 is 2.62 bits per heavy atom. The van der Waals surface area contributed by atoms with Gasteiger partial charge in [-0.1, -0.05) is 6.92 Å². The topological polar surface area (TPSA) is 35.6 Å². The molecule has 0 spiro atoms. The van der Waals surface area contributed by atoms with E-state index in [9.17, 15) is 4.79 Å². The number of piperazine rings is 1. The third-order valence-corrected chi connectivity index (χ3v) is 4.12. The number of anilines is 1. The Balaban J connectivity index is 2.09. The van der Waals surface area contributed by atoms with E-state index in [0.717, 1.165) is 44.7 Å². The molecule has 1 heterocycles. The van der Waals surface area contributed by atoms with Crippen LogP contribution in [0, 0.1) is 0 Å². The van der Waals surface area contributed by atoms with Crippen LogP contribution in [-0.4, -0.2) is 49.6 Å². The number of nitrogens with one attached hydrogen (secondary N) is 1. The smallest absolute Gasteiger partial charge is 0.254 e. The maximum Gasteiger partial charge on any atom is 0.254 e. The molecule has 0 bridgehead atoms. The molecule has 2 rings (SSSR count). The molecule has 0 aliphatic carbocycles. The Morgan fingerprint density at radius 1 is 1.33 bits per heavy atom. The highest BCUT2D eigenvalue weighted by molar-refractivity contribution is 5.94. The average Bonchev–Trinajstić information content (AvgIpc) is 2.52. The van der Waals surface area contributed by atoms with E-state index in [2.05, 4.69) is 43.1 Å². The van der Waals surface area contributed by atoms with Gasteiger partial charge in [-0.05, 0) is 44.5 Å². The van der Waals surface area contributed by atoms with Crippen molar-refractivity contribution in [2.75, 3.05) is 37.6 Å². The zero-order valence-corrected chi connectivity index (χ0v) is 13.4. The second-order valence-corrected chi connectivity index (χ2v) is 5.68. The van der Waals surface area contributed by atoms with Crippen molar-refractivity contribution in [3.05, 3.63) is 29.8 Å². The van der Waals surface area contributed by atoms with E-state index in [0.29, 0.717) is 0 Å². The van der Waals surface area contributed by atoms with Gasteiger partial charge in [-0.15, -0.1) is 0 Å². The Labute approximate surface area is 128 Å². The van der Waals surface area contributed by atoms with Crippen LogP contribution in [0.4, 0.5) is 5.69 Å². The van der Waals surface area contributed by atoms with Crippen LogP contribution in [0.3, 0.4) is 0 Å². The normalized spacial score (nSPS) is 18.6. The van der Waals surface area contributed by atoms with E-state index in [4.69, 9.17) is 0 Å². The predicted molar refractivity (Wildman–Crippen MR) is 88.0 cm³/mol. The zero-order valence-electron chi connectivity index (χ0n) is 13.4. The molecule has 21 heavy (non-hydrogen) atoms. The largest absolute Gasteiger partial charge is 0.372 e. The maximum atomic E-state index is 12.6. The number of amides is 1. The van der Waals surface area contributed by atoms with Gasteiger partial charge in [0.05, 0.1) is 0 Å². The predicted octanol–water partition coefficient (Wildman–Crippen LogP) is 2.36. The summed E-state index contributed by atoms with van der Waals surface area (Å²) in [6.07, 6.45) is 1.13. The third-order valence-electron chi connectivity index (χ3n) is 4.12. The maximum absolute atomic E-state index is 12.6. The molecule has 1 N–H and O–H groups in total. The fourth-order valence-corrected chi connectivity index (χ4v) is 2.86. The van der Waals surface area contributed by atoms with Gasteiger partial charge in [0.15, 0.2) is 0 Å². The summed E-state index contributed by atoms with van der Waals surface area (Å²) < 4.78 is 0. The van der Waals surface area contributed by atoms with Crippen LogP contribution in [0.5, 0.6) is 0 Å². The van der Waals surface area contributed by atoms with Crippen LogP contribution in [0.2, 0.25) is 0 Å². The van der Waals surface area contributed by atoms with Crippen molar-refractivity contribution >= 4 is 11.6 Å². The van der Waals surface area contributed by atoms with Crippen molar-refractivity contribution in [1.82, 2.24) is 10.2 Å². The fourth-order valence-electron chi connectivity index (χ4n) is 2.86. The van der Waals surface area contributed by atoms with Crippen molar-refractivity contribution in [3.8, 4) is 0 Å². The van der Waals surface area contributed by atoms with Gasteiger partial charge in [0.1, 0.15) is 0 Å². The fraction of sp³-hybridized carbons (Fsp3) is 0.588. The van der Waals surface area contributed by atoms with Gasteiger partial charge in [0, 0.05) is 50.0 Å². The van der Waals surface area contributed by atoms with Crippen molar-refractivity contribution in [1.29, 1.82) is 0 Å². The highest BCUT2D eigenvalue weighted by Gasteiger charge is 2.23. The van der Waals surface area contributed by atoms with Gasteiger partial charge in [-0.2, -0.15) is 0 Å². The van der Waals surface area contributed by atoms with Crippen LogP contribution in [-0.2, 0) is 0 Å². The summed E-state index contributed by atoms with van der Waals surface area (Å²) in [6, 6.07) is 8.33. The monoisotopic (exact) mass is 289 g/mol. The Kier molecular flexibility index (Phi) is 5.62. The number of carbonyl (C=O) groups is 1. The SMILES string of the molecule is CCCN(CC)c1ccc(C(=O)N2CCNC[C@H]2C)cc1. The molecule has 1 aliphatic heterocycles. The second kappa shape index (κ2) is 7.46. The van der Waals surface area contributed by atoms with Gasteiger partial charge >= 0.3 is 0 Å². The number of hydrogen-bond acceptors (Lipinski definition) is 3. The number of rotatable bonds is 5. The Bertz CT molecular complexity index is 458. The molecule has 1 atom stereocenters. The lowest BCUT2D eigenvalue weighted by Gasteiger charge is -2.34. The van der Waals surface area contributed by atoms with Crippen LogP contribution in [0.25, 0.3) is 0 Å². The molecule has 0 unspecified atom stereocenters. The summed E-state index contributed by atoms with van der Waals surface area (Å²) in [6.45, 7) is 11.0. The highest BCUT2D eigenvalue weighted by Crippen LogP contribution is 2.17. The van der Waals surface area contributed by atoms with Crippen molar-refractivity contribution in [2.45, 2.75) is 33.2 Å². The quantitative estimate of drug-likeness (QED) is 0.904. The van der Waals surface area contributed by atoms with Gasteiger partial charge in [-0.3, -0.25) is 4.79 Å².